The zero-order chi connectivity index (χ0) is 17.3. The Labute approximate surface area is 136 Å². The van der Waals surface area contributed by atoms with Crippen LogP contribution >= 0.6 is 11.6 Å². The Balaban J connectivity index is 2.59. The Kier molecular flexibility index (Phi) is 5.03. The topological polar surface area (TPSA) is 61.8 Å². The number of alkyl halides is 3. The smallest absolute Gasteiger partial charge is 0.356 e. The predicted octanol–water partition coefficient (Wildman–Crippen LogP) is 3.12. The largest absolute Gasteiger partial charge is 0.416 e. The summed E-state index contributed by atoms with van der Waals surface area (Å²) in [6, 6.07) is 9.95. The molecule has 2 aromatic rings. The molecule has 0 spiro atoms. The molecule has 23 heavy (non-hydrogen) atoms. The fourth-order valence-electron chi connectivity index (χ4n) is 2.30. The average Bonchev–Trinajstić information content (AvgIpc) is 2.47. The van der Waals surface area contributed by atoms with E-state index < -0.39 is 26.8 Å². The summed E-state index contributed by atoms with van der Waals surface area (Å²) in [6.45, 7) is -0.224. The summed E-state index contributed by atoms with van der Waals surface area (Å²) in [5.41, 5.74) is 2.25. The first kappa shape index (κ1) is 17.8. The second-order valence-electron chi connectivity index (χ2n) is 4.86. The van der Waals surface area contributed by atoms with Gasteiger partial charge in [-0.2, -0.15) is 13.2 Å². The molecule has 0 aliphatic heterocycles. The van der Waals surface area contributed by atoms with Crippen LogP contribution in [0.2, 0.25) is 5.02 Å². The van der Waals surface area contributed by atoms with Crippen LogP contribution in [0.15, 0.2) is 53.4 Å². The highest BCUT2D eigenvalue weighted by molar-refractivity contribution is 7.91. The van der Waals surface area contributed by atoms with Crippen LogP contribution in [0.1, 0.15) is 16.4 Å². The minimum atomic E-state index is -4.64. The van der Waals surface area contributed by atoms with Gasteiger partial charge in [-0.1, -0.05) is 29.8 Å². The highest BCUT2D eigenvalue weighted by Gasteiger charge is 2.39. The summed E-state index contributed by atoms with van der Waals surface area (Å²) < 4.78 is 64.9. The molecule has 1 atom stereocenters. The van der Waals surface area contributed by atoms with E-state index in [2.05, 4.69) is 5.73 Å². The molecular weight excluding hydrogens is 351 g/mol. The van der Waals surface area contributed by atoms with Crippen molar-refractivity contribution in [2.45, 2.75) is 16.3 Å². The molecule has 0 heterocycles. The first-order chi connectivity index (χ1) is 10.7. The van der Waals surface area contributed by atoms with Gasteiger partial charge < -0.3 is 5.73 Å². The van der Waals surface area contributed by atoms with Gasteiger partial charge in [-0.15, -0.1) is 0 Å². The molecule has 0 bridgehead atoms. The fourth-order valence-corrected chi connectivity index (χ4v) is 4.12. The summed E-state index contributed by atoms with van der Waals surface area (Å²) >= 11 is 5.72. The zero-order valence-corrected chi connectivity index (χ0v) is 13.4. The normalized spacial score (nSPS) is 13.8. The number of quaternary nitrogens is 1. The van der Waals surface area contributed by atoms with Gasteiger partial charge in [0.05, 0.1) is 17.0 Å². The maximum Gasteiger partial charge on any atom is 0.416 e. The van der Waals surface area contributed by atoms with Crippen molar-refractivity contribution in [3.63, 3.8) is 0 Å². The highest BCUT2D eigenvalue weighted by Crippen LogP contribution is 2.38. The summed E-state index contributed by atoms with van der Waals surface area (Å²) in [4.78, 5) is -0.0903. The molecule has 124 valence electrons. The molecule has 0 unspecified atom stereocenters. The maximum absolute atomic E-state index is 13.2. The van der Waals surface area contributed by atoms with Gasteiger partial charge in [0.25, 0.3) is 0 Å². The Morgan fingerprint density at radius 2 is 1.61 bits per heavy atom. The van der Waals surface area contributed by atoms with Crippen molar-refractivity contribution >= 4 is 21.4 Å². The molecule has 0 fully saturated rings. The molecule has 8 heteroatoms. The number of halogens is 4. The van der Waals surface area contributed by atoms with E-state index in [0.717, 1.165) is 6.07 Å². The first-order valence-electron chi connectivity index (χ1n) is 6.62. The molecule has 2 aromatic carbocycles. The van der Waals surface area contributed by atoms with Crippen LogP contribution in [-0.2, 0) is 16.0 Å². The molecule has 0 aliphatic rings. The van der Waals surface area contributed by atoms with Gasteiger partial charge in [0.15, 0.2) is 9.84 Å². The van der Waals surface area contributed by atoms with Gasteiger partial charge in [-0.3, -0.25) is 0 Å². The van der Waals surface area contributed by atoms with E-state index in [9.17, 15) is 21.6 Å². The van der Waals surface area contributed by atoms with Crippen LogP contribution in [-0.4, -0.2) is 15.0 Å². The Bertz CT molecular complexity index is 789. The van der Waals surface area contributed by atoms with E-state index in [0.29, 0.717) is 5.02 Å². The van der Waals surface area contributed by atoms with Crippen LogP contribution in [0.5, 0.6) is 0 Å². The molecule has 0 radical (unpaired) electrons. The van der Waals surface area contributed by atoms with Crippen molar-refractivity contribution in [2.75, 3.05) is 6.54 Å². The number of hydrogen-bond donors (Lipinski definition) is 1. The molecule has 3 nitrogen and oxygen atoms in total. The quantitative estimate of drug-likeness (QED) is 0.906. The Morgan fingerprint density at radius 1 is 1.04 bits per heavy atom. The molecule has 0 aromatic heterocycles. The summed E-state index contributed by atoms with van der Waals surface area (Å²) in [6.07, 6.45) is -4.64. The molecule has 3 N–H and O–H groups in total. The fraction of sp³-hybridized carbons (Fsp3) is 0.200. The highest BCUT2D eigenvalue weighted by atomic mass is 35.5. The van der Waals surface area contributed by atoms with Crippen molar-refractivity contribution in [2.24, 2.45) is 0 Å². The molecule has 0 amide bonds. The zero-order valence-electron chi connectivity index (χ0n) is 11.8. The number of benzene rings is 2. The third-order valence-corrected chi connectivity index (χ3v) is 5.81. The third-order valence-electron chi connectivity index (χ3n) is 3.39. The van der Waals surface area contributed by atoms with E-state index in [4.69, 9.17) is 11.6 Å². The maximum atomic E-state index is 13.2. The number of rotatable bonds is 4. The Hall–Kier alpha value is -1.57. The lowest BCUT2D eigenvalue weighted by molar-refractivity contribution is -0.367. The monoisotopic (exact) mass is 364 g/mol. The van der Waals surface area contributed by atoms with Crippen molar-refractivity contribution in [1.29, 1.82) is 0 Å². The lowest BCUT2D eigenvalue weighted by Gasteiger charge is -2.19. The van der Waals surface area contributed by atoms with Gasteiger partial charge in [-0.25, -0.2) is 8.42 Å². The van der Waals surface area contributed by atoms with Crippen molar-refractivity contribution in [3.05, 3.63) is 64.7 Å². The van der Waals surface area contributed by atoms with Crippen molar-refractivity contribution < 1.29 is 27.3 Å². The summed E-state index contributed by atoms with van der Waals surface area (Å²) in [7, 11) is -4.02. The van der Waals surface area contributed by atoms with Crippen LogP contribution in [0.4, 0.5) is 13.2 Å². The minimum absolute atomic E-state index is 0.0903. The van der Waals surface area contributed by atoms with E-state index in [-0.39, 0.29) is 17.0 Å². The predicted molar refractivity (Wildman–Crippen MR) is 80.6 cm³/mol. The minimum Gasteiger partial charge on any atom is -0.356 e. The van der Waals surface area contributed by atoms with Crippen LogP contribution in [0, 0.1) is 0 Å². The van der Waals surface area contributed by atoms with Crippen LogP contribution in [0.25, 0.3) is 0 Å². The average molecular weight is 365 g/mol. The molecule has 0 saturated carbocycles. The second kappa shape index (κ2) is 6.51. The van der Waals surface area contributed by atoms with Gasteiger partial charge in [0.2, 0.25) is 0 Å². The van der Waals surface area contributed by atoms with Crippen LogP contribution in [0.3, 0.4) is 0 Å². The molecule has 0 aliphatic carbocycles. The van der Waals surface area contributed by atoms with Crippen molar-refractivity contribution in [3.8, 4) is 0 Å². The van der Waals surface area contributed by atoms with Crippen LogP contribution < -0.4 is 5.73 Å². The van der Waals surface area contributed by atoms with Gasteiger partial charge in [-0.05, 0) is 35.9 Å². The summed E-state index contributed by atoms with van der Waals surface area (Å²) in [5.74, 6) is 0. The van der Waals surface area contributed by atoms with Crippen molar-refractivity contribution in [1.82, 2.24) is 0 Å². The van der Waals surface area contributed by atoms with Gasteiger partial charge >= 0.3 is 6.18 Å². The van der Waals surface area contributed by atoms with E-state index in [1.165, 1.54) is 42.5 Å². The Morgan fingerprint density at radius 3 is 2.13 bits per heavy atom. The van der Waals surface area contributed by atoms with E-state index in [1.807, 2.05) is 0 Å². The summed E-state index contributed by atoms with van der Waals surface area (Å²) in [5, 5.41) is -1.05. The lowest BCUT2D eigenvalue weighted by Crippen LogP contribution is -2.54. The number of sulfone groups is 1. The standard InChI is InChI=1S/C15H13ClF3NO2S/c16-10-5-7-11(8-6-10)23(21,22)14(9-20)12-3-1-2-4-13(12)15(17,18)19/h1-8,14H,9,20H2/p+1/t14-/m1/s1. The molecule has 0 saturated heterocycles. The first-order valence-corrected chi connectivity index (χ1v) is 8.55. The van der Waals surface area contributed by atoms with Gasteiger partial charge in [0, 0.05) is 5.02 Å². The molecular formula is C15H14ClF3NO2S+. The van der Waals surface area contributed by atoms with E-state index >= 15 is 0 Å². The molecule has 2 rings (SSSR count). The van der Waals surface area contributed by atoms with Gasteiger partial charge in [0.1, 0.15) is 5.25 Å². The van der Waals surface area contributed by atoms with E-state index in [1.54, 1.807) is 0 Å². The SMILES string of the molecule is [NH3+]C[C@H](c1ccccc1C(F)(F)F)S(=O)(=O)c1ccc(Cl)cc1. The second-order valence-corrected chi connectivity index (χ2v) is 7.43. The lowest BCUT2D eigenvalue weighted by atomic mass is 10.0. The number of hydrogen-bond acceptors (Lipinski definition) is 2. The third kappa shape index (κ3) is 3.68.